The Balaban J connectivity index is 1.66. The van der Waals surface area contributed by atoms with E-state index in [2.05, 4.69) is 15.5 Å². The van der Waals surface area contributed by atoms with Gasteiger partial charge in [0.25, 0.3) is 5.22 Å². The number of anilines is 1. The summed E-state index contributed by atoms with van der Waals surface area (Å²) < 4.78 is 18.5. The molecule has 0 aliphatic heterocycles. The van der Waals surface area contributed by atoms with Crippen LogP contribution < -0.4 is 5.32 Å². The van der Waals surface area contributed by atoms with Gasteiger partial charge in [-0.3, -0.25) is 4.79 Å². The molecule has 1 N–H and O–H groups in total. The van der Waals surface area contributed by atoms with E-state index in [1.54, 1.807) is 25.1 Å². The van der Waals surface area contributed by atoms with E-state index in [0.29, 0.717) is 21.3 Å². The average molecular weight is 412 g/mol. The molecule has 26 heavy (non-hydrogen) atoms. The van der Waals surface area contributed by atoms with Crippen molar-refractivity contribution >= 4 is 46.6 Å². The first-order chi connectivity index (χ1) is 12.4. The lowest BCUT2D eigenvalue weighted by Gasteiger charge is -2.11. The van der Waals surface area contributed by atoms with Gasteiger partial charge in [-0.05, 0) is 49.4 Å². The van der Waals surface area contributed by atoms with Crippen LogP contribution in [0.4, 0.5) is 10.1 Å². The van der Waals surface area contributed by atoms with Crippen LogP contribution in [0.5, 0.6) is 0 Å². The van der Waals surface area contributed by atoms with Gasteiger partial charge in [0.2, 0.25) is 11.8 Å². The third-order valence-electron chi connectivity index (χ3n) is 3.33. The van der Waals surface area contributed by atoms with Crippen molar-refractivity contribution in [3.63, 3.8) is 0 Å². The molecule has 1 aromatic heterocycles. The van der Waals surface area contributed by atoms with Gasteiger partial charge >= 0.3 is 0 Å². The van der Waals surface area contributed by atoms with Crippen LogP contribution in [-0.4, -0.2) is 21.4 Å². The molecular formula is C17H12Cl2FN3O2S. The molecule has 0 aliphatic carbocycles. The van der Waals surface area contributed by atoms with Crippen molar-refractivity contribution in [2.75, 3.05) is 5.32 Å². The molecule has 0 saturated carbocycles. The van der Waals surface area contributed by atoms with Gasteiger partial charge in [0.1, 0.15) is 5.82 Å². The molecule has 1 atom stereocenters. The Morgan fingerprint density at radius 3 is 2.65 bits per heavy atom. The van der Waals surface area contributed by atoms with E-state index in [0.717, 1.165) is 11.8 Å². The summed E-state index contributed by atoms with van der Waals surface area (Å²) in [5.74, 6) is -0.397. The van der Waals surface area contributed by atoms with Gasteiger partial charge < -0.3 is 9.73 Å². The molecule has 1 heterocycles. The van der Waals surface area contributed by atoms with Gasteiger partial charge in [-0.25, -0.2) is 4.39 Å². The molecule has 0 aliphatic rings. The third kappa shape index (κ3) is 4.55. The minimum Gasteiger partial charge on any atom is -0.411 e. The van der Waals surface area contributed by atoms with Crippen LogP contribution in [-0.2, 0) is 4.79 Å². The number of carbonyl (C=O) groups is 1. The normalized spacial score (nSPS) is 12.0. The van der Waals surface area contributed by atoms with Crippen LogP contribution >= 0.6 is 35.0 Å². The number of nitrogens with one attached hydrogen (secondary N) is 1. The largest absolute Gasteiger partial charge is 0.411 e. The van der Waals surface area contributed by atoms with Crippen LogP contribution in [0.15, 0.2) is 52.1 Å². The number of halogens is 3. The minimum atomic E-state index is -0.522. The van der Waals surface area contributed by atoms with E-state index in [1.165, 1.54) is 24.3 Å². The number of hydrogen-bond acceptors (Lipinski definition) is 5. The molecule has 0 fully saturated rings. The van der Waals surface area contributed by atoms with E-state index < -0.39 is 5.25 Å². The summed E-state index contributed by atoms with van der Waals surface area (Å²) in [5.41, 5.74) is 1.02. The molecule has 134 valence electrons. The molecule has 1 unspecified atom stereocenters. The molecule has 2 aromatic carbocycles. The van der Waals surface area contributed by atoms with E-state index in [4.69, 9.17) is 27.6 Å². The minimum absolute atomic E-state index is 0.226. The Bertz CT molecular complexity index is 934. The second-order valence-corrected chi connectivity index (χ2v) is 7.39. The molecule has 3 rings (SSSR count). The Labute approximate surface area is 162 Å². The number of thioether (sulfide) groups is 1. The average Bonchev–Trinajstić information content (AvgIpc) is 3.07. The smallest absolute Gasteiger partial charge is 0.277 e. The number of nitrogens with zero attached hydrogens (tertiary/aromatic N) is 2. The lowest BCUT2D eigenvalue weighted by atomic mass is 10.2. The first kappa shape index (κ1) is 18.7. The highest BCUT2D eigenvalue weighted by Gasteiger charge is 2.20. The lowest BCUT2D eigenvalue weighted by molar-refractivity contribution is -0.115. The van der Waals surface area contributed by atoms with E-state index in [9.17, 15) is 9.18 Å². The predicted molar refractivity (Wildman–Crippen MR) is 100 cm³/mol. The SMILES string of the molecule is CC(Sc1nnc(-c2ccc(F)cc2)o1)C(=O)Nc1cc(Cl)ccc1Cl. The first-order valence-corrected chi connectivity index (χ1v) is 9.08. The van der Waals surface area contributed by atoms with Crippen LogP contribution in [0.1, 0.15) is 6.92 Å². The van der Waals surface area contributed by atoms with Crippen molar-refractivity contribution in [1.29, 1.82) is 0 Å². The summed E-state index contributed by atoms with van der Waals surface area (Å²) in [6.07, 6.45) is 0. The van der Waals surface area contributed by atoms with Crippen molar-refractivity contribution in [1.82, 2.24) is 10.2 Å². The topological polar surface area (TPSA) is 68.0 Å². The Morgan fingerprint density at radius 1 is 1.19 bits per heavy atom. The maximum absolute atomic E-state index is 13.0. The van der Waals surface area contributed by atoms with Gasteiger partial charge in [-0.2, -0.15) is 0 Å². The zero-order chi connectivity index (χ0) is 18.7. The highest BCUT2D eigenvalue weighted by molar-refractivity contribution is 8.00. The summed E-state index contributed by atoms with van der Waals surface area (Å²) in [5, 5.41) is 11.1. The molecule has 0 spiro atoms. The Morgan fingerprint density at radius 2 is 1.92 bits per heavy atom. The Hall–Kier alpha value is -2.09. The molecular weight excluding hydrogens is 400 g/mol. The quantitative estimate of drug-likeness (QED) is 0.576. The second kappa shape index (κ2) is 8.07. The highest BCUT2D eigenvalue weighted by atomic mass is 35.5. The van der Waals surface area contributed by atoms with Crippen molar-refractivity contribution in [3.8, 4) is 11.5 Å². The van der Waals surface area contributed by atoms with Gasteiger partial charge in [-0.15, -0.1) is 10.2 Å². The predicted octanol–water partition coefficient (Wildman–Crippen LogP) is 5.30. The lowest BCUT2D eigenvalue weighted by Crippen LogP contribution is -2.22. The van der Waals surface area contributed by atoms with Crippen LogP contribution in [0.25, 0.3) is 11.5 Å². The summed E-state index contributed by atoms with van der Waals surface area (Å²) in [6.45, 7) is 1.69. The van der Waals surface area contributed by atoms with Crippen LogP contribution in [0.3, 0.4) is 0 Å². The molecule has 3 aromatic rings. The number of hydrogen-bond donors (Lipinski definition) is 1. The second-order valence-electron chi connectivity index (χ2n) is 5.25. The monoisotopic (exact) mass is 411 g/mol. The van der Waals surface area contributed by atoms with Crippen molar-refractivity contribution < 1.29 is 13.6 Å². The zero-order valence-electron chi connectivity index (χ0n) is 13.4. The van der Waals surface area contributed by atoms with E-state index in [-0.39, 0.29) is 22.8 Å². The van der Waals surface area contributed by atoms with Crippen molar-refractivity contribution in [2.45, 2.75) is 17.4 Å². The highest BCUT2D eigenvalue weighted by Crippen LogP contribution is 2.29. The van der Waals surface area contributed by atoms with Gasteiger partial charge in [0.05, 0.1) is 16.0 Å². The van der Waals surface area contributed by atoms with E-state index >= 15 is 0 Å². The van der Waals surface area contributed by atoms with Crippen LogP contribution in [0.2, 0.25) is 10.0 Å². The molecule has 0 bridgehead atoms. The third-order valence-corrected chi connectivity index (χ3v) is 4.83. The van der Waals surface area contributed by atoms with E-state index in [1.807, 2.05) is 0 Å². The molecule has 9 heteroatoms. The van der Waals surface area contributed by atoms with Crippen molar-refractivity contribution in [3.05, 3.63) is 58.3 Å². The number of carbonyl (C=O) groups excluding carboxylic acids is 1. The maximum Gasteiger partial charge on any atom is 0.277 e. The zero-order valence-corrected chi connectivity index (χ0v) is 15.7. The standard InChI is InChI=1S/C17H12Cl2FN3O2S/c1-9(15(24)21-14-8-11(18)4-7-13(14)19)26-17-23-22-16(25-17)10-2-5-12(20)6-3-10/h2-9H,1H3,(H,21,24). The van der Waals surface area contributed by atoms with Gasteiger partial charge in [0, 0.05) is 10.6 Å². The molecule has 5 nitrogen and oxygen atoms in total. The fourth-order valence-electron chi connectivity index (χ4n) is 2.00. The van der Waals surface area contributed by atoms with Crippen LogP contribution in [0, 0.1) is 5.82 Å². The fraction of sp³-hybridized carbons (Fsp3) is 0.118. The van der Waals surface area contributed by atoms with Crippen molar-refractivity contribution in [2.24, 2.45) is 0 Å². The number of aromatic nitrogens is 2. The molecule has 0 saturated heterocycles. The van der Waals surface area contributed by atoms with Gasteiger partial charge in [-0.1, -0.05) is 35.0 Å². The Kier molecular flexibility index (Phi) is 5.80. The van der Waals surface area contributed by atoms with Gasteiger partial charge in [0.15, 0.2) is 0 Å². The summed E-state index contributed by atoms with van der Waals surface area (Å²) >= 11 is 13.0. The first-order valence-electron chi connectivity index (χ1n) is 7.44. The maximum atomic E-state index is 13.0. The molecule has 1 amide bonds. The summed E-state index contributed by atoms with van der Waals surface area (Å²) in [4.78, 5) is 12.3. The fourth-order valence-corrected chi connectivity index (χ4v) is 3.02. The number of rotatable bonds is 5. The molecule has 0 radical (unpaired) electrons. The summed E-state index contributed by atoms with van der Waals surface area (Å²) in [6, 6.07) is 10.5. The number of amides is 1. The number of benzene rings is 2. The summed E-state index contributed by atoms with van der Waals surface area (Å²) in [7, 11) is 0.